The largest absolute Gasteiger partial charge is 0.355 e. The molecule has 2 unspecified atom stereocenters. The monoisotopic (exact) mass is 352 g/mol. The van der Waals surface area contributed by atoms with Crippen LogP contribution in [0.5, 0.6) is 0 Å². The highest BCUT2D eigenvalue weighted by atomic mass is 79.9. The van der Waals surface area contributed by atoms with E-state index < -0.39 is 0 Å². The minimum absolute atomic E-state index is 0.0762. The highest BCUT2D eigenvalue weighted by molar-refractivity contribution is 9.10. The van der Waals surface area contributed by atoms with Crippen LogP contribution in [0.2, 0.25) is 0 Å². The number of nitrogens with two attached hydrogens (primary N) is 1. The van der Waals surface area contributed by atoms with E-state index in [2.05, 4.69) is 47.2 Å². The Morgan fingerprint density at radius 3 is 2.62 bits per heavy atom. The van der Waals surface area contributed by atoms with E-state index in [1.165, 1.54) is 5.56 Å². The molecule has 1 fully saturated rings. The van der Waals surface area contributed by atoms with Gasteiger partial charge >= 0.3 is 0 Å². The molecule has 2 atom stereocenters. The van der Waals surface area contributed by atoms with Crippen molar-refractivity contribution in [1.29, 1.82) is 0 Å². The Morgan fingerprint density at radius 1 is 1.33 bits per heavy atom. The summed E-state index contributed by atoms with van der Waals surface area (Å²) in [5.41, 5.74) is 7.12. The molecule has 1 aliphatic carbocycles. The van der Waals surface area contributed by atoms with Crippen molar-refractivity contribution < 1.29 is 4.79 Å². The third kappa shape index (κ3) is 4.55. The number of rotatable bonds is 4. The van der Waals surface area contributed by atoms with Crippen LogP contribution in [0.25, 0.3) is 0 Å². The lowest BCUT2D eigenvalue weighted by Crippen LogP contribution is -2.42. The molecular weight excluding hydrogens is 328 g/mol. The Morgan fingerprint density at radius 2 is 2.00 bits per heavy atom. The molecule has 0 aromatic heterocycles. The van der Waals surface area contributed by atoms with Gasteiger partial charge in [0.2, 0.25) is 5.91 Å². The third-order valence-corrected chi connectivity index (χ3v) is 4.94. The van der Waals surface area contributed by atoms with Crippen LogP contribution in [0.3, 0.4) is 0 Å². The summed E-state index contributed by atoms with van der Waals surface area (Å²) in [7, 11) is 0. The molecule has 0 heterocycles. The van der Waals surface area contributed by atoms with Gasteiger partial charge in [0, 0.05) is 28.4 Å². The Balaban J connectivity index is 1.91. The number of nitrogens with one attached hydrogen (secondary N) is 1. The van der Waals surface area contributed by atoms with Crippen LogP contribution in [0.1, 0.15) is 45.1 Å². The quantitative estimate of drug-likeness (QED) is 0.872. The van der Waals surface area contributed by atoms with E-state index in [9.17, 15) is 4.79 Å². The standard InChI is InChI=1S/C17H25BrN2O/c1-17(2,13-6-8-14(18)9-7-13)11-20-16(21)12-4-3-5-15(19)10-12/h6-9,12,15H,3-5,10-11,19H2,1-2H3,(H,20,21). The van der Waals surface area contributed by atoms with Gasteiger partial charge in [-0.05, 0) is 37.0 Å². The predicted octanol–water partition coefficient (Wildman–Crippen LogP) is 3.36. The summed E-state index contributed by atoms with van der Waals surface area (Å²) in [6, 6.07) is 8.48. The Kier molecular flexibility index (Phi) is 5.44. The van der Waals surface area contributed by atoms with Gasteiger partial charge in [0.05, 0.1) is 0 Å². The van der Waals surface area contributed by atoms with Gasteiger partial charge in [0.15, 0.2) is 0 Å². The van der Waals surface area contributed by atoms with Crippen molar-refractivity contribution in [2.24, 2.45) is 11.7 Å². The van der Waals surface area contributed by atoms with Crippen molar-refractivity contribution >= 4 is 21.8 Å². The van der Waals surface area contributed by atoms with Crippen LogP contribution in [0, 0.1) is 5.92 Å². The van der Waals surface area contributed by atoms with Crippen LogP contribution in [-0.2, 0) is 10.2 Å². The molecule has 0 saturated heterocycles. The van der Waals surface area contributed by atoms with Crippen molar-refractivity contribution in [2.75, 3.05) is 6.54 Å². The van der Waals surface area contributed by atoms with Crippen LogP contribution in [0.15, 0.2) is 28.7 Å². The third-order valence-electron chi connectivity index (χ3n) is 4.42. The molecule has 2 rings (SSSR count). The molecule has 1 saturated carbocycles. The lowest BCUT2D eigenvalue weighted by Gasteiger charge is -2.29. The maximum atomic E-state index is 12.3. The maximum absolute atomic E-state index is 12.3. The van der Waals surface area contributed by atoms with E-state index in [1.807, 2.05) is 12.1 Å². The lowest BCUT2D eigenvalue weighted by atomic mass is 9.83. The Bertz CT molecular complexity index is 484. The van der Waals surface area contributed by atoms with Crippen molar-refractivity contribution in [3.63, 3.8) is 0 Å². The molecule has 0 spiro atoms. The summed E-state index contributed by atoms with van der Waals surface area (Å²) >= 11 is 3.45. The molecule has 1 amide bonds. The summed E-state index contributed by atoms with van der Waals surface area (Å²) in [6.45, 7) is 4.96. The van der Waals surface area contributed by atoms with Gasteiger partial charge in [-0.15, -0.1) is 0 Å². The zero-order valence-electron chi connectivity index (χ0n) is 12.9. The topological polar surface area (TPSA) is 55.1 Å². The summed E-state index contributed by atoms with van der Waals surface area (Å²) < 4.78 is 1.07. The van der Waals surface area contributed by atoms with Crippen LogP contribution in [-0.4, -0.2) is 18.5 Å². The molecule has 4 heteroatoms. The van der Waals surface area contributed by atoms with E-state index in [4.69, 9.17) is 5.73 Å². The van der Waals surface area contributed by atoms with Crippen LogP contribution >= 0.6 is 15.9 Å². The smallest absolute Gasteiger partial charge is 0.223 e. The first-order valence-corrected chi connectivity index (χ1v) is 8.47. The number of amides is 1. The summed E-state index contributed by atoms with van der Waals surface area (Å²) in [5, 5.41) is 3.12. The molecule has 1 aliphatic rings. The van der Waals surface area contributed by atoms with Crippen molar-refractivity contribution in [1.82, 2.24) is 5.32 Å². The number of benzene rings is 1. The first kappa shape index (κ1) is 16.5. The van der Waals surface area contributed by atoms with E-state index in [0.717, 1.165) is 30.2 Å². The number of carbonyl (C=O) groups is 1. The molecule has 0 aliphatic heterocycles. The van der Waals surface area contributed by atoms with Gasteiger partial charge in [-0.1, -0.05) is 48.3 Å². The molecular formula is C17H25BrN2O. The fourth-order valence-corrected chi connectivity index (χ4v) is 3.19. The molecule has 0 bridgehead atoms. The first-order chi connectivity index (χ1) is 9.88. The van der Waals surface area contributed by atoms with Crippen molar-refractivity contribution in [3.05, 3.63) is 34.3 Å². The summed E-state index contributed by atoms with van der Waals surface area (Å²) in [6.07, 6.45) is 3.91. The summed E-state index contributed by atoms with van der Waals surface area (Å²) in [4.78, 5) is 12.3. The molecule has 21 heavy (non-hydrogen) atoms. The van der Waals surface area contributed by atoms with Crippen molar-refractivity contribution in [2.45, 2.75) is 51.0 Å². The van der Waals surface area contributed by atoms with Gasteiger partial charge in [0.25, 0.3) is 0 Å². The van der Waals surface area contributed by atoms with E-state index in [1.54, 1.807) is 0 Å². The predicted molar refractivity (Wildman–Crippen MR) is 90.1 cm³/mol. The Hall–Kier alpha value is -0.870. The zero-order valence-corrected chi connectivity index (χ0v) is 14.4. The van der Waals surface area contributed by atoms with E-state index in [-0.39, 0.29) is 23.3 Å². The number of hydrogen-bond acceptors (Lipinski definition) is 2. The van der Waals surface area contributed by atoms with Gasteiger partial charge in [-0.25, -0.2) is 0 Å². The van der Waals surface area contributed by atoms with Gasteiger partial charge in [-0.2, -0.15) is 0 Å². The number of halogens is 1. The normalized spacial score (nSPS) is 22.9. The number of carbonyl (C=O) groups excluding carboxylic acids is 1. The fraction of sp³-hybridized carbons (Fsp3) is 0.588. The Labute approximate surface area is 135 Å². The summed E-state index contributed by atoms with van der Waals surface area (Å²) in [5.74, 6) is 0.254. The molecule has 1 aromatic rings. The second-order valence-electron chi connectivity index (χ2n) is 6.73. The van der Waals surface area contributed by atoms with Gasteiger partial charge in [-0.3, -0.25) is 4.79 Å². The second kappa shape index (κ2) is 6.93. The highest BCUT2D eigenvalue weighted by Crippen LogP contribution is 2.26. The molecule has 3 nitrogen and oxygen atoms in total. The minimum atomic E-state index is -0.0762. The zero-order chi connectivity index (χ0) is 15.5. The van der Waals surface area contributed by atoms with Gasteiger partial charge in [0.1, 0.15) is 0 Å². The highest BCUT2D eigenvalue weighted by Gasteiger charge is 2.27. The average molecular weight is 353 g/mol. The maximum Gasteiger partial charge on any atom is 0.223 e. The SMILES string of the molecule is CC(C)(CNC(=O)C1CCCC(N)C1)c1ccc(Br)cc1. The molecule has 116 valence electrons. The van der Waals surface area contributed by atoms with Crippen LogP contribution in [0.4, 0.5) is 0 Å². The molecule has 1 aromatic carbocycles. The number of hydrogen-bond donors (Lipinski definition) is 2. The van der Waals surface area contributed by atoms with Crippen molar-refractivity contribution in [3.8, 4) is 0 Å². The second-order valence-corrected chi connectivity index (χ2v) is 7.65. The van der Waals surface area contributed by atoms with Crippen LogP contribution < -0.4 is 11.1 Å². The fourth-order valence-electron chi connectivity index (χ4n) is 2.92. The van der Waals surface area contributed by atoms with Gasteiger partial charge < -0.3 is 11.1 Å². The van der Waals surface area contributed by atoms with E-state index in [0.29, 0.717) is 6.54 Å². The average Bonchev–Trinajstić information content (AvgIpc) is 2.45. The molecule has 0 radical (unpaired) electrons. The minimum Gasteiger partial charge on any atom is -0.355 e. The van der Waals surface area contributed by atoms with E-state index >= 15 is 0 Å². The first-order valence-electron chi connectivity index (χ1n) is 7.68. The molecule has 3 N–H and O–H groups in total. The lowest BCUT2D eigenvalue weighted by molar-refractivity contribution is -0.126.